The summed E-state index contributed by atoms with van der Waals surface area (Å²) in [6.45, 7) is 1.98. The van der Waals surface area contributed by atoms with E-state index in [2.05, 4.69) is 6.07 Å². The standard InChI is InChI=1S/C16H12N2O2/c1-10-5-6-12-11(9-17)8-15-13(14(12)7-10)3-2-4-16(15)18(19)20/h2-7,11H,8H2,1H3/t11-/m1/s1. The molecule has 20 heavy (non-hydrogen) atoms. The summed E-state index contributed by atoms with van der Waals surface area (Å²) in [5, 5.41) is 20.5. The number of nitro benzene ring substituents is 1. The maximum absolute atomic E-state index is 11.2. The van der Waals surface area contributed by atoms with E-state index < -0.39 is 0 Å². The van der Waals surface area contributed by atoms with Gasteiger partial charge in [0.05, 0.1) is 16.9 Å². The van der Waals surface area contributed by atoms with E-state index in [0.717, 1.165) is 22.3 Å². The molecule has 0 amide bonds. The Kier molecular flexibility index (Phi) is 2.76. The largest absolute Gasteiger partial charge is 0.273 e. The Bertz CT molecular complexity index is 760. The van der Waals surface area contributed by atoms with E-state index in [4.69, 9.17) is 0 Å². The van der Waals surface area contributed by atoms with Crippen LogP contribution < -0.4 is 0 Å². The second-order valence-electron chi connectivity index (χ2n) is 5.04. The molecule has 1 aliphatic carbocycles. The summed E-state index contributed by atoms with van der Waals surface area (Å²) in [6.07, 6.45) is 0.402. The maximum atomic E-state index is 11.2. The molecule has 0 saturated carbocycles. The zero-order valence-electron chi connectivity index (χ0n) is 11.0. The Hall–Kier alpha value is -2.67. The van der Waals surface area contributed by atoms with Gasteiger partial charge in [-0.3, -0.25) is 10.1 Å². The fourth-order valence-electron chi connectivity index (χ4n) is 2.85. The number of nitriles is 1. The van der Waals surface area contributed by atoms with Crippen LogP contribution >= 0.6 is 0 Å². The highest BCUT2D eigenvalue weighted by Gasteiger charge is 2.29. The molecule has 3 rings (SSSR count). The summed E-state index contributed by atoms with van der Waals surface area (Å²) < 4.78 is 0. The van der Waals surface area contributed by atoms with E-state index >= 15 is 0 Å². The van der Waals surface area contributed by atoms with E-state index in [1.807, 2.05) is 31.2 Å². The van der Waals surface area contributed by atoms with E-state index in [-0.39, 0.29) is 16.5 Å². The molecule has 98 valence electrons. The van der Waals surface area contributed by atoms with Gasteiger partial charge in [0.25, 0.3) is 5.69 Å². The van der Waals surface area contributed by atoms with Crippen molar-refractivity contribution in [2.75, 3.05) is 0 Å². The average Bonchev–Trinajstić information content (AvgIpc) is 2.45. The first-order valence-corrected chi connectivity index (χ1v) is 6.38. The summed E-state index contributed by atoms with van der Waals surface area (Å²) in [5.41, 5.74) is 4.65. The van der Waals surface area contributed by atoms with Crippen molar-refractivity contribution >= 4 is 5.69 Å². The quantitative estimate of drug-likeness (QED) is 0.582. The molecule has 0 aliphatic heterocycles. The highest BCUT2D eigenvalue weighted by atomic mass is 16.6. The molecule has 0 saturated heterocycles. The maximum Gasteiger partial charge on any atom is 0.273 e. The van der Waals surface area contributed by atoms with Crippen molar-refractivity contribution in [3.63, 3.8) is 0 Å². The van der Waals surface area contributed by atoms with Crippen molar-refractivity contribution in [3.8, 4) is 17.2 Å². The fourth-order valence-corrected chi connectivity index (χ4v) is 2.85. The van der Waals surface area contributed by atoms with Gasteiger partial charge in [-0.15, -0.1) is 0 Å². The van der Waals surface area contributed by atoms with Gasteiger partial charge in [-0.1, -0.05) is 35.9 Å². The Labute approximate surface area is 116 Å². The third kappa shape index (κ3) is 1.76. The number of hydrogen-bond donors (Lipinski definition) is 0. The molecule has 4 heteroatoms. The number of nitrogens with zero attached hydrogens (tertiary/aromatic N) is 2. The predicted octanol–water partition coefficient (Wildman–Crippen LogP) is 3.73. The summed E-state index contributed by atoms with van der Waals surface area (Å²) >= 11 is 0. The van der Waals surface area contributed by atoms with Crippen LogP contribution in [0.4, 0.5) is 5.69 Å². The number of aryl methyl sites for hydroxylation is 1. The van der Waals surface area contributed by atoms with Crippen LogP contribution in [0.2, 0.25) is 0 Å². The van der Waals surface area contributed by atoms with E-state index in [1.165, 1.54) is 6.07 Å². The SMILES string of the molecule is Cc1ccc2c(c1)-c1cccc([N+](=O)[O-])c1C[C@@H]2C#N. The molecular formula is C16H12N2O2. The lowest BCUT2D eigenvalue weighted by atomic mass is 9.78. The minimum Gasteiger partial charge on any atom is -0.258 e. The Morgan fingerprint density at radius 1 is 1.30 bits per heavy atom. The van der Waals surface area contributed by atoms with Crippen molar-refractivity contribution in [3.05, 3.63) is 63.2 Å². The first-order chi connectivity index (χ1) is 9.61. The van der Waals surface area contributed by atoms with Gasteiger partial charge in [0.1, 0.15) is 0 Å². The molecule has 0 N–H and O–H groups in total. The van der Waals surface area contributed by atoms with Gasteiger partial charge < -0.3 is 0 Å². The van der Waals surface area contributed by atoms with Crippen LogP contribution in [-0.4, -0.2) is 4.92 Å². The molecule has 2 aromatic rings. The van der Waals surface area contributed by atoms with E-state index in [0.29, 0.717) is 12.0 Å². The second kappa shape index (κ2) is 4.46. The van der Waals surface area contributed by atoms with Crippen molar-refractivity contribution < 1.29 is 4.92 Å². The zero-order valence-corrected chi connectivity index (χ0v) is 11.0. The van der Waals surface area contributed by atoms with Gasteiger partial charge >= 0.3 is 0 Å². The summed E-state index contributed by atoms with van der Waals surface area (Å²) in [4.78, 5) is 10.8. The number of rotatable bonds is 1. The molecule has 0 unspecified atom stereocenters. The highest BCUT2D eigenvalue weighted by Crippen LogP contribution is 2.43. The molecule has 0 aromatic heterocycles. The predicted molar refractivity (Wildman–Crippen MR) is 75.3 cm³/mol. The molecule has 0 radical (unpaired) electrons. The molecule has 0 spiro atoms. The number of hydrogen-bond acceptors (Lipinski definition) is 3. The van der Waals surface area contributed by atoms with Crippen LogP contribution in [0.15, 0.2) is 36.4 Å². The van der Waals surface area contributed by atoms with Crippen LogP contribution in [-0.2, 0) is 6.42 Å². The second-order valence-corrected chi connectivity index (χ2v) is 5.04. The molecule has 4 nitrogen and oxygen atoms in total. The van der Waals surface area contributed by atoms with Crippen molar-refractivity contribution in [1.82, 2.24) is 0 Å². The topological polar surface area (TPSA) is 66.9 Å². The number of fused-ring (bicyclic) bond motifs is 3. The first-order valence-electron chi connectivity index (χ1n) is 6.38. The molecule has 1 atom stereocenters. The molecule has 0 fully saturated rings. The summed E-state index contributed by atoms with van der Waals surface area (Å²) in [6, 6.07) is 13.3. The van der Waals surface area contributed by atoms with Gasteiger partial charge in [-0.2, -0.15) is 5.26 Å². The summed E-state index contributed by atoms with van der Waals surface area (Å²) in [5.74, 6) is -0.320. The Balaban J connectivity index is 2.33. The molecule has 2 aromatic carbocycles. The Morgan fingerprint density at radius 3 is 2.80 bits per heavy atom. The van der Waals surface area contributed by atoms with E-state index in [1.54, 1.807) is 6.07 Å². The number of nitro groups is 1. The van der Waals surface area contributed by atoms with E-state index in [9.17, 15) is 15.4 Å². The summed E-state index contributed by atoms with van der Waals surface area (Å²) in [7, 11) is 0. The number of benzene rings is 2. The lowest BCUT2D eigenvalue weighted by Crippen LogP contribution is -2.12. The van der Waals surface area contributed by atoms with Crippen molar-refractivity contribution in [2.24, 2.45) is 0 Å². The molecule has 1 aliphatic rings. The smallest absolute Gasteiger partial charge is 0.258 e. The minimum atomic E-state index is -0.367. The van der Waals surface area contributed by atoms with Crippen molar-refractivity contribution in [2.45, 2.75) is 19.3 Å². The van der Waals surface area contributed by atoms with Crippen LogP contribution in [0.5, 0.6) is 0 Å². The molecule has 0 bridgehead atoms. The zero-order chi connectivity index (χ0) is 14.3. The molecule has 0 heterocycles. The molecular weight excluding hydrogens is 252 g/mol. The monoisotopic (exact) mass is 264 g/mol. The van der Waals surface area contributed by atoms with Crippen LogP contribution in [0.3, 0.4) is 0 Å². The van der Waals surface area contributed by atoms with Crippen molar-refractivity contribution in [1.29, 1.82) is 5.26 Å². The van der Waals surface area contributed by atoms with Crippen LogP contribution in [0.1, 0.15) is 22.6 Å². The first kappa shape index (κ1) is 12.4. The average molecular weight is 264 g/mol. The lowest BCUT2D eigenvalue weighted by Gasteiger charge is -2.23. The fraction of sp³-hybridized carbons (Fsp3) is 0.188. The minimum absolute atomic E-state index is 0.106. The van der Waals surface area contributed by atoms with Gasteiger partial charge in [0.2, 0.25) is 0 Å². The third-order valence-electron chi connectivity index (χ3n) is 3.79. The van der Waals surface area contributed by atoms with Gasteiger partial charge in [-0.25, -0.2) is 0 Å². The lowest BCUT2D eigenvalue weighted by molar-refractivity contribution is -0.385. The van der Waals surface area contributed by atoms with Gasteiger partial charge in [0, 0.05) is 11.6 Å². The van der Waals surface area contributed by atoms with Gasteiger partial charge in [-0.05, 0) is 30.0 Å². The van der Waals surface area contributed by atoms with Crippen LogP contribution in [0.25, 0.3) is 11.1 Å². The normalized spacial score (nSPS) is 15.9. The Morgan fingerprint density at radius 2 is 2.10 bits per heavy atom. The van der Waals surface area contributed by atoms with Crippen LogP contribution in [0, 0.1) is 28.4 Å². The third-order valence-corrected chi connectivity index (χ3v) is 3.79. The van der Waals surface area contributed by atoms with Gasteiger partial charge in [0.15, 0.2) is 0 Å². The highest BCUT2D eigenvalue weighted by molar-refractivity contribution is 5.78.